The molecule has 0 fully saturated rings. The van der Waals surface area contributed by atoms with Crippen LogP contribution in [0.2, 0.25) is 0 Å². The maximum atomic E-state index is 12.5. The SMILES string of the molecule is CN(C)C(=O)[C@@H](OC(=O)c1ccc2ncsc2c1)c1ccccc1. The first-order valence-corrected chi connectivity index (χ1v) is 8.24. The van der Waals surface area contributed by atoms with Crippen LogP contribution in [-0.2, 0) is 9.53 Å². The molecule has 6 heteroatoms. The fourth-order valence-corrected chi connectivity index (χ4v) is 3.00. The van der Waals surface area contributed by atoms with Crippen molar-refractivity contribution in [3.63, 3.8) is 0 Å². The van der Waals surface area contributed by atoms with Gasteiger partial charge in [0.1, 0.15) is 0 Å². The van der Waals surface area contributed by atoms with Crippen molar-refractivity contribution in [1.29, 1.82) is 0 Å². The predicted molar refractivity (Wildman–Crippen MR) is 92.9 cm³/mol. The summed E-state index contributed by atoms with van der Waals surface area (Å²) in [6, 6.07) is 14.2. The first-order chi connectivity index (χ1) is 11.6. The number of esters is 1. The third-order valence-electron chi connectivity index (χ3n) is 3.56. The van der Waals surface area contributed by atoms with Gasteiger partial charge in [-0.3, -0.25) is 4.79 Å². The Morgan fingerprint density at radius 1 is 1.12 bits per heavy atom. The zero-order valence-corrected chi connectivity index (χ0v) is 14.1. The van der Waals surface area contributed by atoms with Gasteiger partial charge in [0.2, 0.25) is 6.10 Å². The monoisotopic (exact) mass is 340 g/mol. The van der Waals surface area contributed by atoms with E-state index >= 15 is 0 Å². The van der Waals surface area contributed by atoms with E-state index in [0.29, 0.717) is 11.1 Å². The molecule has 0 saturated heterocycles. The summed E-state index contributed by atoms with van der Waals surface area (Å²) >= 11 is 1.45. The fourth-order valence-electron chi connectivity index (χ4n) is 2.28. The van der Waals surface area contributed by atoms with Gasteiger partial charge in [-0.05, 0) is 18.2 Å². The minimum atomic E-state index is -0.967. The van der Waals surface area contributed by atoms with Gasteiger partial charge in [0.05, 0.1) is 21.3 Å². The maximum absolute atomic E-state index is 12.5. The Bertz CT molecular complexity index is 874. The molecule has 24 heavy (non-hydrogen) atoms. The number of likely N-dealkylation sites (N-methyl/N-ethyl adjacent to an activating group) is 1. The standard InChI is InChI=1S/C18H16N2O3S/c1-20(2)17(21)16(12-6-4-3-5-7-12)23-18(22)13-8-9-14-15(10-13)24-11-19-14/h3-11,16H,1-2H3/t16-/m0/s1. The molecule has 1 atom stereocenters. The second-order valence-electron chi connectivity index (χ2n) is 5.46. The van der Waals surface area contributed by atoms with Crippen molar-refractivity contribution in [2.24, 2.45) is 0 Å². The summed E-state index contributed by atoms with van der Waals surface area (Å²) in [6.07, 6.45) is -0.967. The highest BCUT2D eigenvalue weighted by atomic mass is 32.1. The Labute approximate surface area is 143 Å². The van der Waals surface area contributed by atoms with Gasteiger partial charge in [0, 0.05) is 19.7 Å². The number of carbonyl (C=O) groups excluding carboxylic acids is 2. The van der Waals surface area contributed by atoms with E-state index in [9.17, 15) is 9.59 Å². The number of aromatic nitrogens is 1. The Balaban J connectivity index is 1.88. The average Bonchev–Trinajstić information content (AvgIpc) is 3.07. The third-order valence-corrected chi connectivity index (χ3v) is 4.35. The Morgan fingerprint density at radius 3 is 2.58 bits per heavy atom. The number of rotatable bonds is 4. The number of thiazole rings is 1. The van der Waals surface area contributed by atoms with E-state index in [1.165, 1.54) is 16.2 Å². The van der Waals surface area contributed by atoms with Crippen LogP contribution in [0.25, 0.3) is 10.2 Å². The van der Waals surface area contributed by atoms with E-state index in [1.54, 1.807) is 49.9 Å². The first-order valence-electron chi connectivity index (χ1n) is 7.36. The smallest absolute Gasteiger partial charge is 0.339 e. The minimum Gasteiger partial charge on any atom is -0.444 e. The van der Waals surface area contributed by atoms with Crippen LogP contribution in [0.1, 0.15) is 22.0 Å². The molecule has 1 aromatic heterocycles. The summed E-state index contributed by atoms with van der Waals surface area (Å²) in [4.78, 5) is 30.5. The maximum Gasteiger partial charge on any atom is 0.339 e. The summed E-state index contributed by atoms with van der Waals surface area (Å²) in [7, 11) is 3.27. The number of amides is 1. The molecule has 0 aliphatic carbocycles. The number of ether oxygens (including phenoxy) is 1. The molecule has 0 unspecified atom stereocenters. The van der Waals surface area contributed by atoms with E-state index < -0.39 is 12.1 Å². The van der Waals surface area contributed by atoms with Crippen molar-refractivity contribution in [2.75, 3.05) is 14.1 Å². The zero-order valence-electron chi connectivity index (χ0n) is 13.3. The quantitative estimate of drug-likeness (QED) is 0.684. The van der Waals surface area contributed by atoms with Crippen molar-refractivity contribution in [3.05, 3.63) is 65.2 Å². The third kappa shape index (κ3) is 3.28. The summed E-state index contributed by atoms with van der Waals surface area (Å²) in [5.41, 5.74) is 3.60. The Hall–Kier alpha value is -2.73. The predicted octanol–water partition coefficient (Wildman–Crippen LogP) is 3.28. The molecular formula is C18H16N2O3S. The Kier molecular flexibility index (Phi) is 4.57. The van der Waals surface area contributed by atoms with Gasteiger partial charge in [-0.15, -0.1) is 11.3 Å². The van der Waals surface area contributed by atoms with Gasteiger partial charge >= 0.3 is 5.97 Å². The van der Waals surface area contributed by atoms with E-state index in [2.05, 4.69) is 4.98 Å². The van der Waals surface area contributed by atoms with Gasteiger partial charge in [0.25, 0.3) is 5.91 Å². The molecule has 3 aromatic rings. The highest BCUT2D eigenvalue weighted by molar-refractivity contribution is 7.16. The van der Waals surface area contributed by atoms with E-state index in [1.807, 2.05) is 18.2 Å². The molecule has 3 rings (SSSR count). The first kappa shape index (κ1) is 16.1. The highest BCUT2D eigenvalue weighted by Crippen LogP contribution is 2.24. The second-order valence-corrected chi connectivity index (χ2v) is 6.35. The van der Waals surface area contributed by atoms with Gasteiger partial charge in [-0.1, -0.05) is 30.3 Å². The highest BCUT2D eigenvalue weighted by Gasteiger charge is 2.27. The van der Waals surface area contributed by atoms with Crippen LogP contribution < -0.4 is 0 Å². The summed E-state index contributed by atoms with van der Waals surface area (Å²) in [6.45, 7) is 0. The normalized spacial score (nSPS) is 11.9. The van der Waals surface area contributed by atoms with Gasteiger partial charge in [-0.2, -0.15) is 0 Å². The summed E-state index contributed by atoms with van der Waals surface area (Å²) in [5, 5.41) is 0. The molecule has 0 spiro atoms. The topological polar surface area (TPSA) is 59.5 Å². The van der Waals surface area contributed by atoms with Crippen molar-refractivity contribution in [1.82, 2.24) is 9.88 Å². The average molecular weight is 340 g/mol. The lowest BCUT2D eigenvalue weighted by molar-refractivity contribution is -0.138. The van der Waals surface area contributed by atoms with Gasteiger partial charge in [0.15, 0.2) is 0 Å². The number of benzene rings is 2. The summed E-state index contributed by atoms with van der Waals surface area (Å²) < 4.78 is 6.43. The molecule has 122 valence electrons. The molecule has 0 aliphatic heterocycles. The zero-order chi connectivity index (χ0) is 17.1. The van der Waals surface area contributed by atoms with Crippen LogP contribution in [0.5, 0.6) is 0 Å². The minimum absolute atomic E-state index is 0.284. The molecule has 0 aliphatic rings. The largest absolute Gasteiger partial charge is 0.444 e. The molecule has 0 radical (unpaired) electrons. The lowest BCUT2D eigenvalue weighted by atomic mass is 10.1. The molecule has 1 amide bonds. The van der Waals surface area contributed by atoms with Crippen molar-refractivity contribution < 1.29 is 14.3 Å². The number of nitrogens with zero attached hydrogens (tertiary/aromatic N) is 2. The van der Waals surface area contributed by atoms with E-state index in [-0.39, 0.29) is 5.91 Å². The van der Waals surface area contributed by atoms with Crippen LogP contribution >= 0.6 is 11.3 Å². The molecule has 1 heterocycles. The van der Waals surface area contributed by atoms with Gasteiger partial charge < -0.3 is 9.64 Å². The number of fused-ring (bicyclic) bond motifs is 1. The fraction of sp³-hybridized carbons (Fsp3) is 0.167. The molecule has 0 bridgehead atoms. The molecular weight excluding hydrogens is 324 g/mol. The van der Waals surface area contributed by atoms with Crippen LogP contribution in [0.15, 0.2) is 54.0 Å². The molecule has 5 nitrogen and oxygen atoms in total. The molecule has 0 N–H and O–H groups in total. The van der Waals surface area contributed by atoms with E-state index in [0.717, 1.165) is 10.2 Å². The van der Waals surface area contributed by atoms with Gasteiger partial charge in [-0.25, -0.2) is 9.78 Å². The number of hydrogen-bond acceptors (Lipinski definition) is 5. The van der Waals surface area contributed by atoms with Crippen LogP contribution in [-0.4, -0.2) is 35.9 Å². The van der Waals surface area contributed by atoms with Crippen molar-refractivity contribution >= 4 is 33.4 Å². The summed E-state index contributed by atoms with van der Waals surface area (Å²) in [5.74, 6) is -0.817. The number of hydrogen-bond donors (Lipinski definition) is 0. The van der Waals surface area contributed by atoms with Crippen molar-refractivity contribution in [3.8, 4) is 0 Å². The van der Waals surface area contributed by atoms with Crippen LogP contribution in [0.3, 0.4) is 0 Å². The molecule has 2 aromatic carbocycles. The van der Waals surface area contributed by atoms with E-state index in [4.69, 9.17) is 4.74 Å². The lowest BCUT2D eigenvalue weighted by Crippen LogP contribution is -2.31. The van der Waals surface area contributed by atoms with Crippen molar-refractivity contribution in [2.45, 2.75) is 6.10 Å². The second kappa shape index (κ2) is 6.80. The molecule has 0 saturated carbocycles. The van der Waals surface area contributed by atoms with Crippen LogP contribution in [0, 0.1) is 0 Å². The van der Waals surface area contributed by atoms with Crippen LogP contribution in [0.4, 0.5) is 0 Å². The lowest BCUT2D eigenvalue weighted by Gasteiger charge is -2.21. The number of carbonyl (C=O) groups is 2. The Morgan fingerprint density at radius 2 is 1.88 bits per heavy atom.